The van der Waals surface area contributed by atoms with Crippen molar-refractivity contribution in [3.05, 3.63) is 134 Å². The Hall–Kier alpha value is -5.92. The normalized spacial score (nSPS) is 13.8. The monoisotopic (exact) mass is 722 g/mol. The van der Waals surface area contributed by atoms with Crippen molar-refractivity contribution in [3.8, 4) is 17.2 Å². The summed E-state index contributed by atoms with van der Waals surface area (Å²) in [6, 6.07) is 19.6. The molecule has 0 radical (unpaired) electrons. The smallest absolute Gasteiger partial charge is 0.416 e. The molecule has 14 heteroatoms. The van der Waals surface area contributed by atoms with Gasteiger partial charge in [0.05, 0.1) is 40.3 Å². The van der Waals surface area contributed by atoms with Crippen LogP contribution in [0.2, 0.25) is 0 Å². The van der Waals surface area contributed by atoms with E-state index in [0.29, 0.717) is 62.3 Å². The maximum Gasteiger partial charge on any atom is 0.416 e. The van der Waals surface area contributed by atoms with Gasteiger partial charge < -0.3 is 28.9 Å². The molecule has 7 rings (SSSR count). The lowest BCUT2D eigenvalue weighted by atomic mass is 9.84. The number of nitrogens with zero attached hydrogens (tertiary/aromatic N) is 1. The molecule has 0 saturated heterocycles. The number of ether oxygens (including phenoxy) is 3. The van der Waals surface area contributed by atoms with Crippen LogP contribution in [0.5, 0.6) is 17.2 Å². The summed E-state index contributed by atoms with van der Waals surface area (Å²) in [4.78, 5) is 30.6. The third-order valence-electron chi connectivity index (χ3n) is 9.05. The van der Waals surface area contributed by atoms with Gasteiger partial charge in [-0.15, -0.1) is 0 Å². The Morgan fingerprint density at radius 3 is 2.25 bits per heavy atom. The standard InChI is InChI=1S/C38H28F6N2O6/c1-46-28-11-5-3-8-25(28)33(47)31(35(46)48)30(26-9-6-12-29-34(26)51-16-15-50-29)32-24(23-7-2-4-10-27(23)45-32)13-14-52-36(49)20-17-21(37(39,40)41)19-22(18-20)38(42,43)44/h2-12,17-19,30,45,47H,13-16H2,1H3. The molecule has 0 bridgehead atoms. The van der Waals surface area contributed by atoms with Crippen LogP contribution in [0.3, 0.4) is 0 Å². The van der Waals surface area contributed by atoms with E-state index >= 15 is 0 Å². The Labute approximate surface area is 290 Å². The molecule has 0 saturated carbocycles. The Kier molecular flexibility index (Phi) is 8.63. The molecule has 8 nitrogen and oxygen atoms in total. The van der Waals surface area contributed by atoms with E-state index in [1.54, 1.807) is 73.8 Å². The number of aromatic nitrogens is 2. The molecule has 2 aromatic heterocycles. The molecule has 0 amide bonds. The van der Waals surface area contributed by atoms with Gasteiger partial charge in [0, 0.05) is 41.0 Å². The van der Waals surface area contributed by atoms with E-state index in [1.165, 1.54) is 4.57 Å². The SMILES string of the molecule is Cn1c(=O)c(C(c2cccc3c2OCCO3)c2[nH]c3ccccc3c2CCOC(=O)c2cc(C(F)(F)F)cc(C(F)(F)F)c2)c(O)c2ccccc21. The Bertz CT molecular complexity index is 2380. The van der Waals surface area contributed by atoms with Crippen LogP contribution in [-0.2, 0) is 30.6 Å². The number of halogens is 6. The zero-order chi connectivity index (χ0) is 36.9. The maximum absolute atomic E-state index is 14.2. The number of pyridine rings is 1. The van der Waals surface area contributed by atoms with E-state index in [-0.39, 0.29) is 37.0 Å². The summed E-state index contributed by atoms with van der Waals surface area (Å²) in [6.07, 6.45) is -10.4. The largest absolute Gasteiger partial charge is 0.507 e. The average Bonchev–Trinajstić information content (AvgIpc) is 3.49. The first-order chi connectivity index (χ1) is 24.7. The molecular formula is C38H28F6N2O6. The lowest BCUT2D eigenvalue weighted by Crippen LogP contribution is -2.26. The van der Waals surface area contributed by atoms with Gasteiger partial charge >= 0.3 is 18.3 Å². The number of aromatic amines is 1. The number of aromatic hydroxyl groups is 1. The first-order valence-electron chi connectivity index (χ1n) is 16.0. The molecule has 6 aromatic rings. The molecule has 52 heavy (non-hydrogen) atoms. The van der Waals surface area contributed by atoms with Crippen LogP contribution in [0.15, 0.2) is 89.7 Å². The highest BCUT2D eigenvalue weighted by molar-refractivity contribution is 5.91. The van der Waals surface area contributed by atoms with E-state index < -0.39 is 53.1 Å². The number of nitrogens with one attached hydrogen (secondary N) is 1. The van der Waals surface area contributed by atoms with Gasteiger partial charge in [0.2, 0.25) is 0 Å². The number of benzene rings is 4. The Balaban J connectivity index is 1.35. The van der Waals surface area contributed by atoms with Gasteiger partial charge in [-0.2, -0.15) is 26.3 Å². The molecule has 1 unspecified atom stereocenters. The highest BCUT2D eigenvalue weighted by Gasteiger charge is 2.38. The highest BCUT2D eigenvalue weighted by atomic mass is 19.4. The van der Waals surface area contributed by atoms with Gasteiger partial charge in [-0.1, -0.05) is 42.5 Å². The predicted octanol–water partition coefficient (Wildman–Crippen LogP) is 8.11. The second-order valence-electron chi connectivity index (χ2n) is 12.2. The van der Waals surface area contributed by atoms with Crippen molar-refractivity contribution in [2.75, 3.05) is 19.8 Å². The Morgan fingerprint density at radius 2 is 1.54 bits per heavy atom. The number of H-pyrrole nitrogens is 1. The number of rotatable bonds is 7. The second kappa shape index (κ2) is 13.0. The van der Waals surface area contributed by atoms with Crippen LogP contribution in [0.1, 0.15) is 49.8 Å². The Morgan fingerprint density at radius 1 is 0.885 bits per heavy atom. The van der Waals surface area contributed by atoms with Gasteiger partial charge in [-0.25, -0.2) is 4.79 Å². The van der Waals surface area contributed by atoms with Gasteiger partial charge in [0.15, 0.2) is 11.5 Å². The minimum Gasteiger partial charge on any atom is -0.507 e. The lowest BCUT2D eigenvalue weighted by Gasteiger charge is -2.27. The maximum atomic E-state index is 14.2. The van der Waals surface area contributed by atoms with E-state index in [9.17, 15) is 41.0 Å². The van der Waals surface area contributed by atoms with Crippen molar-refractivity contribution in [3.63, 3.8) is 0 Å². The number of fused-ring (bicyclic) bond motifs is 3. The first-order valence-corrected chi connectivity index (χ1v) is 16.0. The van der Waals surface area contributed by atoms with Crippen LogP contribution in [0.25, 0.3) is 21.8 Å². The van der Waals surface area contributed by atoms with Crippen LogP contribution in [0, 0.1) is 0 Å². The van der Waals surface area contributed by atoms with E-state index in [4.69, 9.17) is 14.2 Å². The highest BCUT2D eigenvalue weighted by Crippen LogP contribution is 2.47. The van der Waals surface area contributed by atoms with Crippen molar-refractivity contribution in [2.45, 2.75) is 24.7 Å². The second-order valence-corrected chi connectivity index (χ2v) is 12.2. The van der Waals surface area contributed by atoms with E-state index in [2.05, 4.69) is 4.98 Å². The minimum absolute atomic E-state index is 0.00257. The minimum atomic E-state index is -5.15. The number of aryl methyl sites for hydroxylation is 1. The van der Waals surface area contributed by atoms with Crippen molar-refractivity contribution < 1.29 is 50.5 Å². The molecule has 0 aliphatic carbocycles. The quantitative estimate of drug-likeness (QED) is 0.128. The van der Waals surface area contributed by atoms with Crippen molar-refractivity contribution in [2.24, 2.45) is 7.05 Å². The van der Waals surface area contributed by atoms with Crippen molar-refractivity contribution >= 4 is 27.8 Å². The fourth-order valence-electron chi connectivity index (χ4n) is 6.68. The molecule has 1 aliphatic heterocycles. The van der Waals surface area contributed by atoms with Gasteiger partial charge in [-0.05, 0) is 48.0 Å². The zero-order valence-electron chi connectivity index (χ0n) is 27.2. The number of para-hydroxylation sites is 3. The third-order valence-corrected chi connectivity index (χ3v) is 9.05. The molecule has 0 spiro atoms. The number of hydrogen-bond donors (Lipinski definition) is 2. The predicted molar refractivity (Wildman–Crippen MR) is 178 cm³/mol. The molecule has 1 aliphatic rings. The zero-order valence-corrected chi connectivity index (χ0v) is 27.2. The van der Waals surface area contributed by atoms with Crippen LogP contribution < -0.4 is 15.0 Å². The van der Waals surface area contributed by atoms with E-state index in [0.717, 1.165) is 0 Å². The van der Waals surface area contributed by atoms with Crippen LogP contribution in [-0.4, -0.2) is 40.4 Å². The summed E-state index contributed by atoms with van der Waals surface area (Å²) < 4.78 is 99.5. The number of esters is 1. The first kappa shape index (κ1) is 34.5. The summed E-state index contributed by atoms with van der Waals surface area (Å²) in [6.45, 7) is 0.0230. The lowest BCUT2D eigenvalue weighted by molar-refractivity contribution is -0.143. The fourth-order valence-corrected chi connectivity index (χ4v) is 6.68. The molecule has 268 valence electrons. The number of alkyl halides is 6. The fraction of sp³-hybridized carbons (Fsp3) is 0.211. The van der Waals surface area contributed by atoms with Crippen LogP contribution in [0.4, 0.5) is 26.3 Å². The third kappa shape index (κ3) is 6.18. The molecule has 2 N–H and O–H groups in total. The average molecular weight is 723 g/mol. The molecule has 3 heterocycles. The van der Waals surface area contributed by atoms with Gasteiger partial charge in [0.25, 0.3) is 5.56 Å². The summed E-state index contributed by atoms with van der Waals surface area (Å²) in [7, 11) is 1.58. The topological polar surface area (TPSA) is 103 Å². The molecule has 4 aromatic carbocycles. The van der Waals surface area contributed by atoms with Crippen LogP contribution >= 0.6 is 0 Å². The summed E-state index contributed by atoms with van der Waals surface area (Å²) in [5, 5.41) is 12.9. The summed E-state index contributed by atoms with van der Waals surface area (Å²) in [5.74, 6) is -1.95. The number of hydrogen-bond acceptors (Lipinski definition) is 6. The summed E-state index contributed by atoms with van der Waals surface area (Å²) >= 11 is 0. The molecule has 1 atom stereocenters. The molecule has 0 fully saturated rings. The number of carbonyl (C=O) groups excluding carboxylic acids is 1. The van der Waals surface area contributed by atoms with E-state index in [1.807, 2.05) is 0 Å². The number of carbonyl (C=O) groups is 1. The van der Waals surface area contributed by atoms with Gasteiger partial charge in [-0.3, -0.25) is 4.79 Å². The van der Waals surface area contributed by atoms with Crippen molar-refractivity contribution in [1.82, 2.24) is 9.55 Å². The molecular weight excluding hydrogens is 694 g/mol. The van der Waals surface area contributed by atoms with Crippen molar-refractivity contribution in [1.29, 1.82) is 0 Å². The summed E-state index contributed by atoms with van der Waals surface area (Å²) in [5.41, 5.74) is -2.27. The van der Waals surface area contributed by atoms with Gasteiger partial charge in [0.1, 0.15) is 19.0 Å².